The van der Waals surface area contributed by atoms with Crippen LogP contribution in [0.15, 0.2) is 24.3 Å². The van der Waals surface area contributed by atoms with E-state index < -0.39 is 0 Å². The number of benzene rings is 1. The van der Waals surface area contributed by atoms with Gasteiger partial charge in [0.25, 0.3) is 0 Å². The molecule has 0 spiro atoms. The number of hydrogen-bond donors (Lipinski definition) is 2. The molecule has 1 aliphatic carbocycles. The first-order valence-corrected chi connectivity index (χ1v) is 6.48. The molecule has 1 aromatic heterocycles. The van der Waals surface area contributed by atoms with E-state index in [0.717, 1.165) is 28.8 Å². The Morgan fingerprint density at radius 2 is 2.22 bits per heavy atom. The van der Waals surface area contributed by atoms with E-state index in [1.165, 1.54) is 12.8 Å². The Balaban J connectivity index is 1.80. The van der Waals surface area contributed by atoms with Crippen LogP contribution in [0.5, 0.6) is 0 Å². The van der Waals surface area contributed by atoms with E-state index in [0.29, 0.717) is 6.04 Å². The van der Waals surface area contributed by atoms with Gasteiger partial charge in [0, 0.05) is 17.3 Å². The number of nitrogens with one attached hydrogen (secondary N) is 2. The van der Waals surface area contributed by atoms with Gasteiger partial charge < -0.3 is 5.32 Å². The van der Waals surface area contributed by atoms with Gasteiger partial charge in [-0.05, 0) is 44.7 Å². The quantitative estimate of drug-likeness (QED) is 0.866. The van der Waals surface area contributed by atoms with E-state index in [9.17, 15) is 0 Å². The smallest absolute Gasteiger partial charge is 0.181 e. The molecule has 1 atom stereocenters. The molecule has 0 bridgehead atoms. The maximum absolute atomic E-state index is 4.35. The molecule has 3 rings (SSSR count). The lowest BCUT2D eigenvalue weighted by Gasteiger charge is -2.14. The van der Waals surface area contributed by atoms with Gasteiger partial charge in [0.1, 0.15) is 5.82 Å². The number of aromatic amines is 1. The third-order valence-electron chi connectivity index (χ3n) is 3.44. The summed E-state index contributed by atoms with van der Waals surface area (Å²) in [7, 11) is 0. The molecule has 0 amide bonds. The summed E-state index contributed by atoms with van der Waals surface area (Å²) >= 11 is 0. The maximum atomic E-state index is 4.35. The van der Waals surface area contributed by atoms with Gasteiger partial charge in [-0.25, -0.2) is 4.98 Å². The zero-order valence-electron chi connectivity index (χ0n) is 10.8. The molecule has 0 radical (unpaired) electrons. The molecule has 0 aliphatic heterocycles. The average molecular weight is 242 g/mol. The molecule has 1 heterocycles. The summed E-state index contributed by atoms with van der Waals surface area (Å²) in [5.41, 5.74) is 2.20. The predicted octanol–water partition coefficient (Wildman–Crippen LogP) is 2.99. The highest BCUT2D eigenvalue weighted by Gasteiger charge is 2.27. The Kier molecular flexibility index (Phi) is 2.78. The largest absolute Gasteiger partial charge is 0.382 e. The van der Waals surface area contributed by atoms with Crippen molar-refractivity contribution >= 4 is 5.69 Å². The fraction of sp³-hybridized carbons (Fsp3) is 0.429. The number of aromatic nitrogens is 3. The number of nitrogens with zero attached hydrogens (tertiary/aromatic N) is 2. The first-order valence-electron chi connectivity index (χ1n) is 6.48. The lowest BCUT2D eigenvalue weighted by atomic mass is 10.1. The fourth-order valence-electron chi connectivity index (χ4n) is 2.20. The average Bonchev–Trinajstić information content (AvgIpc) is 3.12. The Labute approximate surface area is 107 Å². The SMILES string of the molecule is Cc1nc(-c2cccc(NC(C)C3CC3)c2)n[nH]1. The van der Waals surface area contributed by atoms with Crippen molar-refractivity contribution < 1.29 is 0 Å². The van der Waals surface area contributed by atoms with Crippen molar-refractivity contribution in [3.8, 4) is 11.4 Å². The topological polar surface area (TPSA) is 53.6 Å². The van der Waals surface area contributed by atoms with Crippen molar-refractivity contribution in [3.63, 3.8) is 0 Å². The van der Waals surface area contributed by atoms with Crippen molar-refractivity contribution in [1.29, 1.82) is 0 Å². The summed E-state index contributed by atoms with van der Waals surface area (Å²) in [5.74, 6) is 2.45. The van der Waals surface area contributed by atoms with Crippen molar-refractivity contribution in [1.82, 2.24) is 15.2 Å². The Bertz CT molecular complexity index is 542. The zero-order chi connectivity index (χ0) is 12.5. The third-order valence-corrected chi connectivity index (χ3v) is 3.44. The summed E-state index contributed by atoms with van der Waals surface area (Å²) in [6, 6.07) is 8.84. The standard InChI is InChI=1S/C14H18N4/c1-9(11-6-7-11)15-13-5-3-4-12(8-13)14-16-10(2)17-18-14/h3-5,8-9,11,15H,6-7H2,1-2H3,(H,16,17,18). The van der Waals surface area contributed by atoms with Crippen LogP contribution in [0.3, 0.4) is 0 Å². The molecular formula is C14H18N4. The van der Waals surface area contributed by atoms with Gasteiger partial charge >= 0.3 is 0 Å². The first-order chi connectivity index (χ1) is 8.72. The first kappa shape index (κ1) is 11.3. The third kappa shape index (κ3) is 2.37. The second-order valence-electron chi connectivity index (χ2n) is 5.10. The summed E-state index contributed by atoms with van der Waals surface area (Å²) in [4.78, 5) is 4.35. The molecule has 4 heteroatoms. The van der Waals surface area contributed by atoms with Gasteiger partial charge in [0.05, 0.1) is 0 Å². The normalized spacial score (nSPS) is 16.6. The molecule has 2 N–H and O–H groups in total. The van der Waals surface area contributed by atoms with Crippen molar-refractivity contribution in [3.05, 3.63) is 30.1 Å². The summed E-state index contributed by atoms with van der Waals surface area (Å²) in [6.45, 7) is 4.16. The van der Waals surface area contributed by atoms with Crippen LogP contribution in [0, 0.1) is 12.8 Å². The molecule has 1 aromatic carbocycles. The Hall–Kier alpha value is -1.84. The molecular weight excluding hydrogens is 224 g/mol. The molecule has 1 saturated carbocycles. The van der Waals surface area contributed by atoms with Gasteiger partial charge in [-0.1, -0.05) is 12.1 Å². The van der Waals surface area contributed by atoms with E-state index in [-0.39, 0.29) is 0 Å². The zero-order valence-corrected chi connectivity index (χ0v) is 10.8. The van der Waals surface area contributed by atoms with Crippen LogP contribution in [0.1, 0.15) is 25.6 Å². The van der Waals surface area contributed by atoms with E-state index in [4.69, 9.17) is 0 Å². The van der Waals surface area contributed by atoms with Gasteiger partial charge in [0.2, 0.25) is 0 Å². The molecule has 2 aromatic rings. The predicted molar refractivity (Wildman–Crippen MR) is 72.4 cm³/mol. The maximum Gasteiger partial charge on any atom is 0.181 e. The minimum Gasteiger partial charge on any atom is -0.382 e. The number of anilines is 1. The monoisotopic (exact) mass is 242 g/mol. The van der Waals surface area contributed by atoms with Gasteiger partial charge in [-0.3, -0.25) is 5.10 Å². The number of H-pyrrole nitrogens is 1. The lowest BCUT2D eigenvalue weighted by Crippen LogP contribution is -2.17. The van der Waals surface area contributed by atoms with E-state index in [1.807, 2.05) is 19.1 Å². The van der Waals surface area contributed by atoms with Crippen LogP contribution in [-0.2, 0) is 0 Å². The van der Waals surface area contributed by atoms with Crippen molar-refractivity contribution in [2.24, 2.45) is 5.92 Å². The van der Waals surface area contributed by atoms with Crippen molar-refractivity contribution in [2.75, 3.05) is 5.32 Å². The van der Waals surface area contributed by atoms with Gasteiger partial charge in [0.15, 0.2) is 5.82 Å². The molecule has 0 saturated heterocycles. The highest BCUT2D eigenvalue weighted by molar-refractivity contribution is 5.62. The van der Waals surface area contributed by atoms with Gasteiger partial charge in [-0.2, -0.15) is 5.10 Å². The van der Waals surface area contributed by atoms with E-state index >= 15 is 0 Å². The van der Waals surface area contributed by atoms with Crippen LogP contribution < -0.4 is 5.32 Å². The highest BCUT2D eigenvalue weighted by Crippen LogP contribution is 2.34. The number of aryl methyl sites for hydroxylation is 1. The second-order valence-corrected chi connectivity index (χ2v) is 5.10. The Morgan fingerprint density at radius 1 is 1.39 bits per heavy atom. The molecule has 1 fully saturated rings. The summed E-state index contributed by atoms with van der Waals surface area (Å²) < 4.78 is 0. The molecule has 1 aliphatic rings. The van der Waals surface area contributed by atoms with Crippen LogP contribution in [-0.4, -0.2) is 21.2 Å². The number of hydrogen-bond acceptors (Lipinski definition) is 3. The molecule has 18 heavy (non-hydrogen) atoms. The van der Waals surface area contributed by atoms with Crippen LogP contribution >= 0.6 is 0 Å². The Morgan fingerprint density at radius 3 is 2.89 bits per heavy atom. The van der Waals surface area contributed by atoms with Crippen LogP contribution in [0.4, 0.5) is 5.69 Å². The van der Waals surface area contributed by atoms with Gasteiger partial charge in [-0.15, -0.1) is 0 Å². The van der Waals surface area contributed by atoms with Crippen LogP contribution in [0.25, 0.3) is 11.4 Å². The number of rotatable bonds is 4. The van der Waals surface area contributed by atoms with Crippen LogP contribution in [0.2, 0.25) is 0 Å². The summed E-state index contributed by atoms with van der Waals surface area (Å²) in [5, 5.41) is 10.6. The highest BCUT2D eigenvalue weighted by atomic mass is 15.2. The molecule has 94 valence electrons. The fourth-order valence-corrected chi connectivity index (χ4v) is 2.20. The van der Waals surface area contributed by atoms with Crippen molar-refractivity contribution in [2.45, 2.75) is 32.7 Å². The lowest BCUT2D eigenvalue weighted by molar-refractivity contribution is 0.694. The summed E-state index contributed by atoms with van der Waals surface area (Å²) in [6.07, 6.45) is 2.71. The minimum absolute atomic E-state index is 0.550. The minimum atomic E-state index is 0.550. The van der Waals surface area contributed by atoms with E-state index in [1.54, 1.807) is 0 Å². The second kappa shape index (κ2) is 4.44. The molecule has 4 nitrogen and oxygen atoms in total. The molecule has 1 unspecified atom stereocenters. The van der Waals surface area contributed by atoms with E-state index in [2.05, 4.69) is 39.6 Å².